The lowest BCUT2D eigenvalue weighted by atomic mass is 9.91. The highest BCUT2D eigenvalue weighted by atomic mass is 16.5. The molecule has 3 heteroatoms. The molecule has 2 aliphatic rings. The second-order valence-electron chi connectivity index (χ2n) is 6.78. The van der Waals surface area contributed by atoms with Crippen LogP contribution < -0.4 is 5.32 Å². The van der Waals surface area contributed by atoms with Crippen LogP contribution in [0.3, 0.4) is 0 Å². The number of ether oxygens (including phenoxy) is 1. The fourth-order valence-electron chi connectivity index (χ4n) is 3.93. The van der Waals surface area contributed by atoms with E-state index < -0.39 is 0 Å². The molecule has 1 saturated heterocycles. The van der Waals surface area contributed by atoms with E-state index in [9.17, 15) is 0 Å². The minimum absolute atomic E-state index is 0.377. The zero-order valence-electron chi connectivity index (χ0n) is 13.6. The van der Waals surface area contributed by atoms with Crippen molar-refractivity contribution >= 4 is 0 Å². The van der Waals surface area contributed by atoms with Crippen molar-refractivity contribution in [3.8, 4) is 0 Å². The molecule has 1 fully saturated rings. The van der Waals surface area contributed by atoms with Crippen molar-refractivity contribution in [3.63, 3.8) is 0 Å². The van der Waals surface area contributed by atoms with Crippen LogP contribution in [-0.2, 0) is 11.3 Å². The molecule has 3 unspecified atom stereocenters. The molecule has 0 bridgehead atoms. The molecule has 3 nitrogen and oxygen atoms in total. The minimum atomic E-state index is 0.377. The van der Waals surface area contributed by atoms with Crippen LogP contribution in [-0.4, -0.2) is 37.7 Å². The molecule has 0 saturated carbocycles. The van der Waals surface area contributed by atoms with Gasteiger partial charge in [-0.05, 0) is 23.7 Å². The van der Waals surface area contributed by atoms with E-state index in [1.165, 1.54) is 16.7 Å². The highest BCUT2D eigenvalue weighted by molar-refractivity contribution is 5.33. The highest BCUT2D eigenvalue weighted by Crippen LogP contribution is 2.31. The van der Waals surface area contributed by atoms with Crippen molar-refractivity contribution in [2.75, 3.05) is 26.8 Å². The van der Waals surface area contributed by atoms with Crippen molar-refractivity contribution in [2.45, 2.75) is 24.5 Å². The Hall–Kier alpha value is -1.68. The molecule has 23 heavy (non-hydrogen) atoms. The summed E-state index contributed by atoms with van der Waals surface area (Å²) in [5, 5.41) is 3.89. The first-order valence-electron chi connectivity index (χ1n) is 8.46. The lowest BCUT2D eigenvalue weighted by Crippen LogP contribution is -2.44. The lowest BCUT2D eigenvalue weighted by Gasteiger charge is -2.35. The molecule has 3 atom stereocenters. The van der Waals surface area contributed by atoms with Crippen LogP contribution in [0, 0.1) is 0 Å². The van der Waals surface area contributed by atoms with E-state index in [1.807, 2.05) is 0 Å². The Labute approximate surface area is 138 Å². The summed E-state index contributed by atoms with van der Waals surface area (Å²) in [5.41, 5.74) is 4.26. The largest absolute Gasteiger partial charge is 0.379 e. The summed E-state index contributed by atoms with van der Waals surface area (Å²) in [6.07, 6.45) is 0. The van der Waals surface area contributed by atoms with Gasteiger partial charge in [-0.15, -0.1) is 0 Å². The quantitative estimate of drug-likeness (QED) is 0.943. The van der Waals surface area contributed by atoms with E-state index in [2.05, 4.69) is 71.9 Å². The van der Waals surface area contributed by atoms with Gasteiger partial charge in [0.2, 0.25) is 0 Å². The molecule has 2 heterocycles. The van der Waals surface area contributed by atoms with Crippen molar-refractivity contribution < 1.29 is 4.74 Å². The molecule has 0 aromatic heterocycles. The van der Waals surface area contributed by atoms with Gasteiger partial charge in [0.1, 0.15) is 0 Å². The summed E-state index contributed by atoms with van der Waals surface area (Å²) in [5.74, 6) is 0.440. The Bertz CT molecular complexity index is 658. The van der Waals surface area contributed by atoms with E-state index in [-0.39, 0.29) is 0 Å². The molecule has 2 aromatic carbocycles. The summed E-state index contributed by atoms with van der Waals surface area (Å²) < 4.78 is 5.80. The Morgan fingerprint density at radius 1 is 1.00 bits per heavy atom. The van der Waals surface area contributed by atoms with Gasteiger partial charge in [0.25, 0.3) is 0 Å². The van der Waals surface area contributed by atoms with Gasteiger partial charge in [-0.2, -0.15) is 0 Å². The van der Waals surface area contributed by atoms with Gasteiger partial charge in [0.05, 0.1) is 13.2 Å². The normalized spacial score (nSPS) is 27.8. The Balaban J connectivity index is 1.56. The minimum Gasteiger partial charge on any atom is -0.379 e. The Kier molecular flexibility index (Phi) is 4.17. The highest BCUT2D eigenvalue weighted by Gasteiger charge is 2.33. The lowest BCUT2D eigenvalue weighted by molar-refractivity contribution is 0.181. The molecular formula is C20H24N2O. The maximum absolute atomic E-state index is 5.80. The molecule has 4 rings (SSSR count). The third-order valence-electron chi connectivity index (χ3n) is 5.09. The Morgan fingerprint density at radius 2 is 1.78 bits per heavy atom. The zero-order chi connectivity index (χ0) is 15.6. The van der Waals surface area contributed by atoms with Crippen LogP contribution in [0.2, 0.25) is 0 Å². The number of benzene rings is 2. The van der Waals surface area contributed by atoms with E-state index in [0.717, 1.165) is 26.3 Å². The topological polar surface area (TPSA) is 24.5 Å². The van der Waals surface area contributed by atoms with Gasteiger partial charge in [-0.1, -0.05) is 54.6 Å². The predicted octanol–water partition coefficient (Wildman–Crippen LogP) is 2.95. The predicted molar refractivity (Wildman–Crippen MR) is 92.4 cm³/mol. The van der Waals surface area contributed by atoms with E-state index in [0.29, 0.717) is 18.0 Å². The third kappa shape index (κ3) is 3.05. The Morgan fingerprint density at radius 3 is 2.65 bits per heavy atom. The monoisotopic (exact) mass is 308 g/mol. The average molecular weight is 308 g/mol. The van der Waals surface area contributed by atoms with Gasteiger partial charge >= 0.3 is 0 Å². The van der Waals surface area contributed by atoms with Crippen LogP contribution in [0.1, 0.15) is 28.7 Å². The fraction of sp³-hybridized carbons (Fsp3) is 0.400. The molecule has 0 aliphatic carbocycles. The molecule has 2 aliphatic heterocycles. The fourth-order valence-corrected chi connectivity index (χ4v) is 3.93. The summed E-state index contributed by atoms with van der Waals surface area (Å²) in [7, 11) is 2.20. The standard InChI is InChI=1S/C20H24N2O/c1-22-11-16-9-5-6-10-17(16)19(12-22)21-20-14-23-13-18(20)15-7-3-2-4-8-15/h2-10,18-21H,11-14H2,1H3. The van der Waals surface area contributed by atoms with Crippen LogP contribution in [0.15, 0.2) is 54.6 Å². The SMILES string of the molecule is CN1Cc2ccccc2C(NC2COCC2c2ccccc2)C1. The first-order chi connectivity index (χ1) is 11.3. The van der Waals surface area contributed by atoms with Crippen LogP contribution >= 0.6 is 0 Å². The number of rotatable bonds is 3. The van der Waals surface area contributed by atoms with Crippen molar-refractivity contribution in [2.24, 2.45) is 0 Å². The van der Waals surface area contributed by atoms with E-state index in [1.54, 1.807) is 0 Å². The number of hydrogen-bond acceptors (Lipinski definition) is 3. The average Bonchev–Trinajstić information content (AvgIpc) is 3.04. The first-order valence-corrected chi connectivity index (χ1v) is 8.46. The van der Waals surface area contributed by atoms with Gasteiger partial charge in [-0.25, -0.2) is 0 Å². The number of nitrogens with one attached hydrogen (secondary N) is 1. The maximum atomic E-state index is 5.80. The summed E-state index contributed by atoms with van der Waals surface area (Å²) in [6.45, 7) is 3.69. The van der Waals surface area contributed by atoms with Crippen LogP contribution in [0.5, 0.6) is 0 Å². The number of fused-ring (bicyclic) bond motifs is 1. The van der Waals surface area contributed by atoms with Gasteiger partial charge in [0, 0.05) is 31.1 Å². The van der Waals surface area contributed by atoms with Crippen LogP contribution in [0.25, 0.3) is 0 Å². The number of hydrogen-bond donors (Lipinski definition) is 1. The summed E-state index contributed by atoms with van der Waals surface area (Å²) in [4.78, 5) is 2.40. The molecule has 0 amide bonds. The molecule has 1 N–H and O–H groups in total. The van der Waals surface area contributed by atoms with E-state index in [4.69, 9.17) is 4.74 Å². The summed E-state index contributed by atoms with van der Waals surface area (Å²) in [6, 6.07) is 20.3. The molecule has 0 radical (unpaired) electrons. The van der Waals surface area contributed by atoms with Crippen molar-refractivity contribution in [1.29, 1.82) is 0 Å². The number of likely N-dealkylation sites (N-methyl/N-ethyl adjacent to an activating group) is 1. The summed E-state index contributed by atoms with van der Waals surface area (Å²) >= 11 is 0. The molecule has 0 spiro atoms. The van der Waals surface area contributed by atoms with Crippen molar-refractivity contribution in [1.82, 2.24) is 10.2 Å². The zero-order valence-corrected chi connectivity index (χ0v) is 13.6. The maximum Gasteiger partial charge on any atom is 0.0626 e. The molecular weight excluding hydrogens is 284 g/mol. The molecule has 2 aromatic rings. The second-order valence-corrected chi connectivity index (χ2v) is 6.78. The van der Waals surface area contributed by atoms with E-state index >= 15 is 0 Å². The van der Waals surface area contributed by atoms with Crippen molar-refractivity contribution in [3.05, 3.63) is 71.3 Å². The third-order valence-corrected chi connectivity index (χ3v) is 5.09. The second kappa shape index (κ2) is 6.44. The smallest absolute Gasteiger partial charge is 0.0626 e. The first kappa shape index (κ1) is 14.9. The molecule has 120 valence electrons. The number of nitrogens with zero attached hydrogens (tertiary/aromatic N) is 1. The van der Waals surface area contributed by atoms with Crippen LogP contribution in [0.4, 0.5) is 0 Å². The van der Waals surface area contributed by atoms with Gasteiger partial charge in [-0.3, -0.25) is 0 Å². The van der Waals surface area contributed by atoms with Gasteiger partial charge < -0.3 is 15.0 Å². The van der Waals surface area contributed by atoms with Gasteiger partial charge in [0.15, 0.2) is 0 Å².